The summed E-state index contributed by atoms with van der Waals surface area (Å²) >= 11 is 3.42. The van der Waals surface area contributed by atoms with E-state index in [1.165, 1.54) is 0 Å². The summed E-state index contributed by atoms with van der Waals surface area (Å²) in [5, 5.41) is 0. The van der Waals surface area contributed by atoms with Crippen LogP contribution in [-0.4, -0.2) is 12.1 Å². The van der Waals surface area contributed by atoms with Gasteiger partial charge in [0, 0.05) is 17.8 Å². The molecule has 0 aromatic carbocycles. The van der Waals surface area contributed by atoms with Crippen molar-refractivity contribution in [1.82, 2.24) is 4.98 Å². The van der Waals surface area contributed by atoms with Crippen molar-refractivity contribution in [2.75, 3.05) is 7.11 Å². The lowest BCUT2D eigenvalue weighted by molar-refractivity contribution is 0.181. The number of halogens is 1. The van der Waals surface area contributed by atoms with Crippen LogP contribution in [0.2, 0.25) is 0 Å². The zero-order valence-corrected chi connectivity index (χ0v) is 8.18. The van der Waals surface area contributed by atoms with E-state index in [9.17, 15) is 0 Å². The van der Waals surface area contributed by atoms with Gasteiger partial charge in [0.2, 0.25) is 0 Å². The highest BCUT2D eigenvalue weighted by molar-refractivity contribution is 9.10. The molecule has 0 radical (unpaired) electrons. The molecule has 1 rings (SSSR count). The number of ether oxygens (including phenoxy) is 1. The minimum atomic E-state index is 0.575. The summed E-state index contributed by atoms with van der Waals surface area (Å²) < 4.78 is 6.06. The van der Waals surface area contributed by atoms with E-state index >= 15 is 0 Å². The molecule has 0 atom stereocenters. The monoisotopic (exact) mass is 215 g/mol. The van der Waals surface area contributed by atoms with Crippen LogP contribution in [0.25, 0.3) is 0 Å². The molecule has 11 heavy (non-hydrogen) atoms. The lowest BCUT2D eigenvalue weighted by Gasteiger charge is -2.03. The molecule has 0 unspecified atom stereocenters. The van der Waals surface area contributed by atoms with Gasteiger partial charge in [0.25, 0.3) is 0 Å². The Labute approximate surface area is 74.7 Å². The maximum Gasteiger partial charge on any atom is 0.0887 e. The predicted molar refractivity (Wildman–Crippen MR) is 47.4 cm³/mol. The smallest absolute Gasteiger partial charge is 0.0887 e. The number of rotatable bonds is 2. The van der Waals surface area contributed by atoms with Gasteiger partial charge in [-0.05, 0) is 18.6 Å². The van der Waals surface area contributed by atoms with Crippen LogP contribution in [0.5, 0.6) is 0 Å². The second kappa shape index (κ2) is 3.83. The van der Waals surface area contributed by atoms with Crippen LogP contribution in [0.15, 0.2) is 16.7 Å². The average Bonchev–Trinajstić information content (AvgIpc) is 1.99. The van der Waals surface area contributed by atoms with Crippen LogP contribution in [0.3, 0.4) is 0 Å². The van der Waals surface area contributed by atoms with E-state index in [0.717, 1.165) is 15.7 Å². The van der Waals surface area contributed by atoms with Crippen molar-refractivity contribution in [3.63, 3.8) is 0 Å². The molecular formula is C8H10BrNO. The third-order valence-corrected chi connectivity index (χ3v) is 2.38. The number of hydrogen-bond acceptors (Lipinski definition) is 2. The second-order valence-corrected chi connectivity index (χ2v) is 3.15. The third kappa shape index (κ3) is 2.01. The molecule has 0 aliphatic heterocycles. The maximum atomic E-state index is 4.98. The molecule has 1 heterocycles. The molecule has 0 saturated heterocycles. The van der Waals surface area contributed by atoms with Crippen LogP contribution >= 0.6 is 15.9 Å². The van der Waals surface area contributed by atoms with Crippen molar-refractivity contribution in [3.05, 3.63) is 28.0 Å². The number of pyridine rings is 1. The van der Waals surface area contributed by atoms with Gasteiger partial charge in [-0.2, -0.15) is 0 Å². The number of aromatic nitrogens is 1. The molecule has 0 amide bonds. The van der Waals surface area contributed by atoms with Gasteiger partial charge in [-0.3, -0.25) is 4.98 Å². The lowest BCUT2D eigenvalue weighted by Crippen LogP contribution is -1.95. The van der Waals surface area contributed by atoms with Crippen molar-refractivity contribution in [2.24, 2.45) is 0 Å². The standard InChI is InChI=1S/C8H10BrNO/c1-6-7(9)3-4-10-8(6)5-11-2/h3-4H,5H2,1-2H3. The molecule has 0 N–H and O–H groups in total. The molecule has 0 aliphatic rings. The van der Waals surface area contributed by atoms with E-state index in [-0.39, 0.29) is 0 Å². The Balaban J connectivity index is 2.96. The highest BCUT2D eigenvalue weighted by atomic mass is 79.9. The maximum absolute atomic E-state index is 4.98. The van der Waals surface area contributed by atoms with Crippen molar-refractivity contribution in [1.29, 1.82) is 0 Å². The van der Waals surface area contributed by atoms with E-state index in [2.05, 4.69) is 20.9 Å². The zero-order valence-electron chi connectivity index (χ0n) is 6.60. The molecule has 2 nitrogen and oxygen atoms in total. The summed E-state index contributed by atoms with van der Waals surface area (Å²) in [5.74, 6) is 0. The Morgan fingerprint density at radius 2 is 2.36 bits per heavy atom. The summed E-state index contributed by atoms with van der Waals surface area (Å²) in [6, 6.07) is 1.93. The fourth-order valence-corrected chi connectivity index (χ4v) is 1.18. The van der Waals surface area contributed by atoms with Gasteiger partial charge in [0.1, 0.15) is 0 Å². The Morgan fingerprint density at radius 1 is 1.64 bits per heavy atom. The van der Waals surface area contributed by atoms with Crippen LogP contribution in [0.1, 0.15) is 11.3 Å². The first kappa shape index (κ1) is 8.68. The molecule has 1 aromatic heterocycles. The quantitative estimate of drug-likeness (QED) is 0.756. The third-order valence-electron chi connectivity index (χ3n) is 1.52. The highest BCUT2D eigenvalue weighted by Crippen LogP contribution is 2.17. The first-order valence-electron chi connectivity index (χ1n) is 3.34. The minimum absolute atomic E-state index is 0.575. The molecule has 3 heteroatoms. The fourth-order valence-electron chi connectivity index (χ4n) is 0.835. The first-order valence-corrected chi connectivity index (χ1v) is 4.14. The molecule has 0 bridgehead atoms. The fraction of sp³-hybridized carbons (Fsp3) is 0.375. The summed E-state index contributed by atoms with van der Waals surface area (Å²) in [6.07, 6.45) is 1.77. The van der Waals surface area contributed by atoms with E-state index in [4.69, 9.17) is 4.74 Å². The number of methoxy groups -OCH3 is 1. The average molecular weight is 216 g/mol. The predicted octanol–water partition coefficient (Wildman–Crippen LogP) is 2.30. The lowest BCUT2D eigenvalue weighted by atomic mass is 10.2. The summed E-state index contributed by atoms with van der Waals surface area (Å²) in [5.41, 5.74) is 2.14. The Bertz CT molecular complexity index is 250. The first-order chi connectivity index (χ1) is 5.25. The summed E-state index contributed by atoms with van der Waals surface area (Å²) in [7, 11) is 1.67. The van der Waals surface area contributed by atoms with Crippen LogP contribution < -0.4 is 0 Å². The van der Waals surface area contributed by atoms with Gasteiger partial charge in [0.05, 0.1) is 12.3 Å². The van der Waals surface area contributed by atoms with Crippen molar-refractivity contribution < 1.29 is 4.74 Å². The second-order valence-electron chi connectivity index (χ2n) is 2.30. The van der Waals surface area contributed by atoms with Gasteiger partial charge in [-0.1, -0.05) is 15.9 Å². The van der Waals surface area contributed by atoms with Crippen molar-refractivity contribution >= 4 is 15.9 Å². The Kier molecular flexibility index (Phi) is 3.02. The molecule has 1 aromatic rings. The zero-order chi connectivity index (χ0) is 8.27. The van der Waals surface area contributed by atoms with Crippen LogP contribution in [-0.2, 0) is 11.3 Å². The highest BCUT2D eigenvalue weighted by Gasteiger charge is 2.01. The molecule has 0 fully saturated rings. The van der Waals surface area contributed by atoms with E-state index in [1.54, 1.807) is 13.3 Å². The Hall–Kier alpha value is -0.410. The van der Waals surface area contributed by atoms with Gasteiger partial charge in [-0.25, -0.2) is 0 Å². The summed E-state index contributed by atoms with van der Waals surface area (Å²) in [6.45, 7) is 2.59. The Morgan fingerprint density at radius 3 is 3.00 bits per heavy atom. The number of nitrogens with zero attached hydrogens (tertiary/aromatic N) is 1. The molecule has 0 saturated carbocycles. The SMILES string of the molecule is COCc1nccc(Br)c1C. The van der Waals surface area contributed by atoms with Crippen LogP contribution in [0, 0.1) is 6.92 Å². The number of hydrogen-bond donors (Lipinski definition) is 0. The molecular weight excluding hydrogens is 206 g/mol. The van der Waals surface area contributed by atoms with Gasteiger partial charge in [0.15, 0.2) is 0 Å². The minimum Gasteiger partial charge on any atom is -0.378 e. The molecule has 0 spiro atoms. The molecule has 0 aliphatic carbocycles. The largest absolute Gasteiger partial charge is 0.378 e. The van der Waals surface area contributed by atoms with E-state index in [1.807, 2.05) is 13.0 Å². The van der Waals surface area contributed by atoms with Crippen molar-refractivity contribution in [2.45, 2.75) is 13.5 Å². The topological polar surface area (TPSA) is 22.1 Å². The summed E-state index contributed by atoms with van der Waals surface area (Å²) in [4.78, 5) is 4.17. The van der Waals surface area contributed by atoms with Gasteiger partial charge in [-0.15, -0.1) is 0 Å². The molecule has 60 valence electrons. The van der Waals surface area contributed by atoms with Gasteiger partial charge >= 0.3 is 0 Å². The van der Waals surface area contributed by atoms with E-state index < -0.39 is 0 Å². The van der Waals surface area contributed by atoms with Crippen molar-refractivity contribution in [3.8, 4) is 0 Å². The van der Waals surface area contributed by atoms with E-state index in [0.29, 0.717) is 6.61 Å². The van der Waals surface area contributed by atoms with Gasteiger partial charge < -0.3 is 4.74 Å². The normalized spacial score (nSPS) is 10.1. The van der Waals surface area contributed by atoms with Crippen LogP contribution in [0.4, 0.5) is 0 Å².